The Kier molecular flexibility index (Phi) is 14.0. The second-order valence-electron chi connectivity index (χ2n) is 5.31. The van der Waals surface area contributed by atoms with E-state index in [4.69, 9.17) is 0 Å². The molecule has 0 saturated carbocycles. The summed E-state index contributed by atoms with van der Waals surface area (Å²) in [5.41, 5.74) is 0. The lowest BCUT2D eigenvalue weighted by Crippen LogP contribution is -2.28. The molecule has 1 atom stereocenters. The van der Waals surface area contributed by atoms with Gasteiger partial charge in [-0.25, -0.2) is 0 Å². The number of hydrogen-bond acceptors (Lipinski definition) is 1. The van der Waals surface area contributed by atoms with E-state index in [-0.39, 0.29) is 0 Å². The Morgan fingerprint density at radius 3 is 1.71 bits per heavy atom. The Bertz CT molecular complexity index is 133. The van der Waals surface area contributed by atoms with E-state index in [1.165, 1.54) is 70.6 Å². The maximum absolute atomic E-state index is 3.64. The van der Waals surface area contributed by atoms with Gasteiger partial charge in [-0.15, -0.1) is 0 Å². The maximum atomic E-state index is 3.64. The third-order valence-corrected chi connectivity index (χ3v) is 3.56. The van der Waals surface area contributed by atoms with Gasteiger partial charge >= 0.3 is 0 Å². The molecule has 1 heteroatoms. The highest BCUT2D eigenvalue weighted by molar-refractivity contribution is 4.66. The van der Waals surface area contributed by atoms with E-state index in [0.717, 1.165) is 12.6 Å². The van der Waals surface area contributed by atoms with Gasteiger partial charge < -0.3 is 5.32 Å². The maximum Gasteiger partial charge on any atom is 0.00669 e. The average molecular weight is 241 g/mol. The average Bonchev–Trinajstić information content (AvgIpc) is 2.34. The van der Waals surface area contributed by atoms with Crippen LogP contribution >= 0.6 is 0 Å². The standard InChI is InChI=1S/C16H35N/c1-4-7-9-10-11-13-15-16(17-6-3)14-12-8-5-2/h16-17H,4-15H2,1-3H3. The first-order valence-corrected chi connectivity index (χ1v) is 8.08. The highest BCUT2D eigenvalue weighted by atomic mass is 14.9. The summed E-state index contributed by atoms with van der Waals surface area (Å²) < 4.78 is 0. The van der Waals surface area contributed by atoms with Gasteiger partial charge in [0.1, 0.15) is 0 Å². The number of rotatable bonds is 13. The first-order chi connectivity index (χ1) is 8.35. The molecule has 104 valence electrons. The Hall–Kier alpha value is -0.0400. The molecule has 0 saturated heterocycles. The van der Waals surface area contributed by atoms with E-state index >= 15 is 0 Å². The molecule has 0 rings (SSSR count). The molecule has 0 aliphatic carbocycles. The second kappa shape index (κ2) is 14.0. The molecule has 17 heavy (non-hydrogen) atoms. The third kappa shape index (κ3) is 12.2. The van der Waals surface area contributed by atoms with Crippen molar-refractivity contribution in [1.29, 1.82) is 0 Å². The Labute approximate surface area is 110 Å². The predicted octanol–water partition coefficient (Wildman–Crippen LogP) is 5.30. The number of hydrogen-bond donors (Lipinski definition) is 1. The van der Waals surface area contributed by atoms with Crippen LogP contribution in [0.5, 0.6) is 0 Å². The second-order valence-corrected chi connectivity index (χ2v) is 5.31. The van der Waals surface area contributed by atoms with E-state index in [9.17, 15) is 0 Å². The van der Waals surface area contributed by atoms with Crippen LogP contribution in [0.25, 0.3) is 0 Å². The lowest BCUT2D eigenvalue weighted by Gasteiger charge is -2.17. The van der Waals surface area contributed by atoms with E-state index in [1.54, 1.807) is 0 Å². The molecule has 1 N–H and O–H groups in total. The van der Waals surface area contributed by atoms with Crippen LogP contribution in [-0.4, -0.2) is 12.6 Å². The fourth-order valence-electron chi connectivity index (χ4n) is 2.45. The van der Waals surface area contributed by atoms with Crippen molar-refractivity contribution in [2.45, 2.75) is 97.4 Å². The van der Waals surface area contributed by atoms with Crippen molar-refractivity contribution in [3.05, 3.63) is 0 Å². The van der Waals surface area contributed by atoms with Crippen LogP contribution in [0.15, 0.2) is 0 Å². The highest BCUT2D eigenvalue weighted by Gasteiger charge is 2.05. The molecule has 0 aromatic heterocycles. The van der Waals surface area contributed by atoms with Crippen molar-refractivity contribution in [2.24, 2.45) is 0 Å². The minimum atomic E-state index is 0.790. The molecule has 0 bridgehead atoms. The zero-order valence-electron chi connectivity index (χ0n) is 12.6. The minimum absolute atomic E-state index is 0.790. The van der Waals surface area contributed by atoms with E-state index < -0.39 is 0 Å². The quantitative estimate of drug-likeness (QED) is 0.432. The van der Waals surface area contributed by atoms with Gasteiger partial charge in [0.25, 0.3) is 0 Å². The summed E-state index contributed by atoms with van der Waals surface area (Å²) in [5, 5.41) is 3.64. The minimum Gasteiger partial charge on any atom is -0.314 e. The molecule has 0 aromatic carbocycles. The first kappa shape index (κ1) is 17.0. The van der Waals surface area contributed by atoms with Crippen molar-refractivity contribution in [2.75, 3.05) is 6.54 Å². The van der Waals surface area contributed by atoms with Gasteiger partial charge in [0, 0.05) is 6.04 Å². The molecule has 0 amide bonds. The summed E-state index contributed by atoms with van der Waals surface area (Å²) in [6.07, 6.45) is 15.5. The summed E-state index contributed by atoms with van der Waals surface area (Å²) in [6.45, 7) is 7.94. The first-order valence-electron chi connectivity index (χ1n) is 8.08. The highest BCUT2D eigenvalue weighted by Crippen LogP contribution is 2.12. The van der Waals surface area contributed by atoms with Gasteiger partial charge in [-0.1, -0.05) is 78.6 Å². The molecule has 0 fully saturated rings. The third-order valence-electron chi connectivity index (χ3n) is 3.56. The van der Waals surface area contributed by atoms with Crippen LogP contribution in [-0.2, 0) is 0 Å². The fourth-order valence-corrected chi connectivity index (χ4v) is 2.45. The van der Waals surface area contributed by atoms with Crippen LogP contribution in [0.4, 0.5) is 0 Å². The molecule has 0 heterocycles. The van der Waals surface area contributed by atoms with E-state index in [0.29, 0.717) is 0 Å². The van der Waals surface area contributed by atoms with Gasteiger partial charge in [-0.05, 0) is 19.4 Å². The van der Waals surface area contributed by atoms with E-state index in [1.807, 2.05) is 0 Å². The van der Waals surface area contributed by atoms with Crippen molar-refractivity contribution in [3.8, 4) is 0 Å². The SMILES string of the molecule is CCCCCCCCC(CCCCC)NCC. The normalized spacial score (nSPS) is 12.9. The molecular weight excluding hydrogens is 206 g/mol. The van der Waals surface area contributed by atoms with Crippen LogP contribution in [0, 0.1) is 0 Å². The lowest BCUT2D eigenvalue weighted by atomic mass is 10.0. The largest absolute Gasteiger partial charge is 0.314 e. The smallest absolute Gasteiger partial charge is 0.00669 e. The summed E-state index contributed by atoms with van der Waals surface area (Å²) in [4.78, 5) is 0. The number of unbranched alkanes of at least 4 members (excludes halogenated alkanes) is 7. The van der Waals surface area contributed by atoms with Gasteiger partial charge in [0.2, 0.25) is 0 Å². The van der Waals surface area contributed by atoms with Gasteiger partial charge in [-0.2, -0.15) is 0 Å². The van der Waals surface area contributed by atoms with E-state index in [2.05, 4.69) is 26.1 Å². The topological polar surface area (TPSA) is 12.0 Å². The van der Waals surface area contributed by atoms with Crippen LogP contribution in [0.1, 0.15) is 91.4 Å². The Morgan fingerprint density at radius 2 is 1.12 bits per heavy atom. The summed E-state index contributed by atoms with van der Waals surface area (Å²) in [5.74, 6) is 0. The Morgan fingerprint density at radius 1 is 0.647 bits per heavy atom. The summed E-state index contributed by atoms with van der Waals surface area (Å²) >= 11 is 0. The van der Waals surface area contributed by atoms with Crippen LogP contribution < -0.4 is 5.32 Å². The van der Waals surface area contributed by atoms with Gasteiger partial charge in [0.05, 0.1) is 0 Å². The molecule has 1 nitrogen and oxygen atoms in total. The summed E-state index contributed by atoms with van der Waals surface area (Å²) in [7, 11) is 0. The Balaban J connectivity index is 3.41. The molecule has 0 aromatic rings. The monoisotopic (exact) mass is 241 g/mol. The lowest BCUT2D eigenvalue weighted by molar-refractivity contribution is 0.423. The molecule has 0 spiro atoms. The fraction of sp³-hybridized carbons (Fsp3) is 1.00. The molecule has 0 radical (unpaired) electrons. The zero-order valence-corrected chi connectivity index (χ0v) is 12.6. The van der Waals surface area contributed by atoms with Crippen LogP contribution in [0.3, 0.4) is 0 Å². The van der Waals surface area contributed by atoms with Gasteiger partial charge in [0.15, 0.2) is 0 Å². The zero-order chi connectivity index (χ0) is 12.8. The van der Waals surface area contributed by atoms with Crippen molar-refractivity contribution >= 4 is 0 Å². The molecule has 1 unspecified atom stereocenters. The molecule has 0 aliphatic rings. The summed E-state index contributed by atoms with van der Waals surface area (Å²) in [6, 6.07) is 0.790. The number of nitrogens with one attached hydrogen (secondary N) is 1. The van der Waals surface area contributed by atoms with Crippen LogP contribution in [0.2, 0.25) is 0 Å². The molecular formula is C16H35N. The van der Waals surface area contributed by atoms with Crippen molar-refractivity contribution < 1.29 is 0 Å². The van der Waals surface area contributed by atoms with Gasteiger partial charge in [-0.3, -0.25) is 0 Å². The molecule has 0 aliphatic heterocycles. The van der Waals surface area contributed by atoms with Crippen molar-refractivity contribution in [3.63, 3.8) is 0 Å². The predicted molar refractivity (Wildman–Crippen MR) is 79.6 cm³/mol. The van der Waals surface area contributed by atoms with Crippen molar-refractivity contribution in [1.82, 2.24) is 5.32 Å².